The van der Waals surface area contributed by atoms with Crippen LogP contribution in [0.15, 0.2) is 12.1 Å². The Morgan fingerprint density at radius 2 is 1.94 bits per heavy atom. The molecule has 0 amide bonds. The fourth-order valence-corrected chi connectivity index (χ4v) is 1.83. The van der Waals surface area contributed by atoms with Crippen LogP contribution in [0.1, 0.15) is 17.2 Å². The number of hydrogen-bond acceptors (Lipinski definition) is 3. The lowest BCUT2D eigenvalue weighted by Gasteiger charge is -2.09. The molecule has 5 heteroatoms. The Bertz CT molecular complexity index is 545. The van der Waals surface area contributed by atoms with Crippen molar-refractivity contribution in [2.75, 3.05) is 5.73 Å². The van der Waals surface area contributed by atoms with Gasteiger partial charge in [-0.3, -0.25) is 0 Å². The zero-order valence-electron chi connectivity index (χ0n) is 9.45. The molecule has 0 fully saturated rings. The van der Waals surface area contributed by atoms with Crippen LogP contribution >= 0.6 is 11.6 Å². The average molecular weight is 237 g/mol. The number of halogens is 1. The Hall–Kier alpha value is -1.55. The van der Waals surface area contributed by atoms with Gasteiger partial charge in [-0.1, -0.05) is 11.6 Å². The van der Waals surface area contributed by atoms with E-state index in [0.717, 1.165) is 22.9 Å². The summed E-state index contributed by atoms with van der Waals surface area (Å²) in [4.78, 5) is 4.26. The summed E-state index contributed by atoms with van der Waals surface area (Å²) in [6.07, 6.45) is 0. The third-order valence-electron chi connectivity index (χ3n) is 2.42. The smallest absolute Gasteiger partial charge is 0.148 e. The summed E-state index contributed by atoms with van der Waals surface area (Å²) in [5.74, 6) is 1.58. The number of nitrogen functional groups attached to an aromatic ring is 1. The SMILES string of the molecule is Cc1nc(C)n(-c2cc(Cl)c(N)cc2C)n1. The number of nitrogens with two attached hydrogens (primary N) is 1. The average Bonchev–Trinajstić information content (AvgIpc) is 2.51. The number of anilines is 1. The fraction of sp³-hybridized carbons (Fsp3) is 0.273. The van der Waals surface area contributed by atoms with E-state index in [2.05, 4.69) is 10.1 Å². The molecule has 0 radical (unpaired) electrons. The first-order chi connectivity index (χ1) is 7.49. The highest BCUT2D eigenvalue weighted by Gasteiger charge is 2.10. The minimum absolute atomic E-state index is 0.535. The molecule has 2 aromatic rings. The highest BCUT2D eigenvalue weighted by Crippen LogP contribution is 2.25. The van der Waals surface area contributed by atoms with Crippen LogP contribution in [0.5, 0.6) is 0 Å². The number of aromatic nitrogens is 3. The number of nitrogens with zero attached hydrogens (tertiary/aromatic N) is 3. The topological polar surface area (TPSA) is 56.7 Å². The van der Waals surface area contributed by atoms with Gasteiger partial charge in [0.2, 0.25) is 0 Å². The molecule has 0 atom stereocenters. The Kier molecular flexibility index (Phi) is 2.59. The van der Waals surface area contributed by atoms with Crippen molar-refractivity contribution in [1.29, 1.82) is 0 Å². The van der Waals surface area contributed by atoms with Crippen molar-refractivity contribution < 1.29 is 0 Å². The van der Waals surface area contributed by atoms with E-state index >= 15 is 0 Å². The first-order valence-electron chi connectivity index (χ1n) is 4.95. The van der Waals surface area contributed by atoms with Crippen molar-refractivity contribution in [3.8, 4) is 5.69 Å². The second-order valence-electron chi connectivity index (χ2n) is 3.78. The second kappa shape index (κ2) is 3.79. The summed E-state index contributed by atoms with van der Waals surface area (Å²) >= 11 is 6.01. The summed E-state index contributed by atoms with van der Waals surface area (Å²) in [6.45, 7) is 5.74. The first kappa shape index (κ1) is 11.0. The lowest BCUT2D eigenvalue weighted by molar-refractivity contribution is 0.825. The molecule has 2 rings (SSSR count). The molecular weight excluding hydrogens is 224 g/mol. The molecule has 0 aliphatic heterocycles. The maximum Gasteiger partial charge on any atom is 0.148 e. The molecular formula is C11H13ClN4. The standard InChI is InChI=1S/C11H13ClN4/c1-6-4-10(13)9(12)5-11(6)16-8(3)14-7(2)15-16/h4-5H,13H2,1-3H3. The lowest BCUT2D eigenvalue weighted by Crippen LogP contribution is -2.03. The van der Waals surface area contributed by atoms with E-state index in [1.807, 2.05) is 32.9 Å². The van der Waals surface area contributed by atoms with Crippen LogP contribution in [0.3, 0.4) is 0 Å². The van der Waals surface area contributed by atoms with Crippen molar-refractivity contribution in [3.05, 3.63) is 34.4 Å². The summed E-state index contributed by atoms with van der Waals surface area (Å²) < 4.78 is 1.77. The van der Waals surface area contributed by atoms with Gasteiger partial charge < -0.3 is 5.73 Å². The summed E-state index contributed by atoms with van der Waals surface area (Å²) in [5, 5.41) is 4.85. The van der Waals surface area contributed by atoms with Crippen molar-refractivity contribution >= 4 is 17.3 Å². The molecule has 0 bridgehead atoms. The van der Waals surface area contributed by atoms with E-state index < -0.39 is 0 Å². The predicted molar refractivity (Wildman–Crippen MR) is 65.0 cm³/mol. The highest BCUT2D eigenvalue weighted by atomic mass is 35.5. The molecule has 0 unspecified atom stereocenters. The van der Waals surface area contributed by atoms with Gasteiger partial charge >= 0.3 is 0 Å². The Labute approximate surface area is 99.1 Å². The van der Waals surface area contributed by atoms with Gasteiger partial charge in [0.25, 0.3) is 0 Å². The molecule has 2 N–H and O–H groups in total. The van der Waals surface area contributed by atoms with E-state index in [-0.39, 0.29) is 0 Å². The maximum absolute atomic E-state index is 6.01. The van der Waals surface area contributed by atoms with Gasteiger partial charge in [0.05, 0.1) is 16.4 Å². The number of benzene rings is 1. The molecule has 84 valence electrons. The van der Waals surface area contributed by atoms with Gasteiger partial charge in [-0.25, -0.2) is 9.67 Å². The van der Waals surface area contributed by atoms with Gasteiger partial charge in [-0.2, -0.15) is 5.10 Å². The second-order valence-corrected chi connectivity index (χ2v) is 4.19. The molecule has 0 aliphatic carbocycles. The number of rotatable bonds is 1. The van der Waals surface area contributed by atoms with Crippen LogP contribution in [0.2, 0.25) is 5.02 Å². The van der Waals surface area contributed by atoms with Crippen molar-refractivity contribution in [2.45, 2.75) is 20.8 Å². The van der Waals surface area contributed by atoms with Gasteiger partial charge in [-0.05, 0) is 38.5 Å². The highest BCUT2D eigenvalue weighted by molar-refractivity contribution is 6.33. The summed E-state index contributed by atoms with van der Waals surface area (Å²) in [7, 11) is 0. The van der Waals surface area contributed by atoms with Crippen molar-refractivity contribution in [2.24, 2.45) is 0 Å². The Morgan fingerprint density at radius 1 is 1.25 bits per heavy atom. The maximum atomic E-state index is 6.01. The van der Waals surface area contributed by atoms with Crippen LogP contribution < -0.4 is 5.73 Å². The number of aryl methyl sites for hydroxylation is 3. The van der Waals surface area contributed by atoms with E-state index in [0.29, 0.717) is 10.7 Å². The lowest BCUT2D eigenvalue weighted by atomic mass is 10.2. The normalized spacial score (nSPS) is 10.8. The van der Waals surface area contributed by atoms with E-state index in [1.54, 1.807) is 4.68 Å². The van der Waals surface area contributed by atoms with Crippen LogP contribution in [0.4, 0.5) is 5.69 Å². The van der Waals surface area contributed by atoms with Crippen LogP contribution in [0, 0.1) is 20.8 Å². The molecule has 1 aromatic heterocycles. The minimum Gasteiger partial charge on any atom is -0.398 e. The summed E-state index contributed by atoms with van der Waals surface area (Å²) in [5.41, 5.74) is 8.25. The third kappa shape index (κ3) is 1.76. The molecule has 0 saturated heterocycles. The molecule has 0 aliphatic rings. The van der Waals surface area contributed by atoms with Crippen LogP contribution in [0.25, 0.3) is 5.69 Å². The molecule has 16 heavy (non-hydrogen) atoms. The fourth-order valence-electron chi connectivity index (χ4n) is 1.67. The zero-order valence-corrected chi connectivity index (χ0v) is 10.2. The predicted octanol–water partition coefficient (Wildman–Crippen LogP) is 2.43. The van der Waals surface area contributed by atoms with Crippen molar-refractivity contribution in [3.63, 3.8) is 0 Å². The number of hydrogen-bond donors (Lipinski definition) is 1. The zero-order chi connectivity index (χ0) is 11.9. The van der Waals surface area contributed by atoms with Gasteiger partial charge in [-0.15, -0.1) is 0 Å². The van der Waals surface area contributed by atoms with E-state index in [1.165, 1.54) is 0 Å². The Balaban J connectivity index is 2.64. The van der Waals surface area contributed by atoms with E-state index in [4.69, 9.17) is 17.3 Å². The first-order valence-corrected chi connectivity index (χ1v) is 5.33. The van der Waals surface area contributed by atoms with Gasteiger partial charge in [0, 0.05) is 0 Å². The molecule has 1 heterocycles. The van der Waals surface area contributed by atoms with E-state index in [9.17, 15) is 0 Å². The third-order valence-corrected chi connectivity index (χ3v) is 2.75. The van der Waals surface area contributed by atoms with Gasteiger partial charge in [0.1, 0.15) is 11.6 Å². The minimum atomic E-state index is 0.535. The Morgan fingerprint density at radius 3 is 2.50 bits per heavy atom. The molecule has 0 saturated carbocycles. The van der Waals surface area contributed by atoms with Crippen LogP contribution in [-0.2, 0) is 0 Å². The van der Waals surface area contributed by atoms with Gasteiger partial charge in [0.15, 0.2) is 0 Å². The quantitative estimate of drug-likeness (QED) is 0.774. The molecule has 0 spiro atoms. The van der Waals surface area contributed by atoms with Crippen molar-refractivity contribution in [1.82, 2.24) is 14.8 Å². The largest absolute Gasteiger partial charge is 0.398 e. The molecule has 4 nitrogen and oxygen atoms in total. The monoisotopic (exact) mass is 236 g/mol. The molecule has 1 aromatic carbocycles. The summed E-state index contributed by atoms with van der Waals surface area (Å²) in [6, 6.07) is 3.65. The van der Waals surface area contributed by atoms with Crippen LogP contribution in [-0.4, -0.2) is 14.8 Å².